The maximum absolute atomic E-state index is 11.8. The standard InChI is InChI=1S/C15H20N4O/c1-3-10-19-12(2)11-18-14(19)7-9-17-15(20)13-6-4-5-8-16-13/h4-6,8,11H,3,7,9-10H2,1-2H3,(H,17,20). The molecule has 0 aromatic carbocycles. The Bertz CT molecular complexity index is 563. The molecule has 2 aromatic rings. The molecular weight excluding hydrogens is 252 g/mol. The summed E-state index contributed by atoms with van der Waals surface area (Å²) in [6.07, 6.45) is 5.30. The zero-order valence-corrected chi connectivity index (χ0v) is 12.0. The molecule has 0 fully saturated rings. The molecule has 5 heteroatoms. The van der Waals surface area contributed by atoms with E-state index in [1.807, 2.05) is 6.20 Å². The van der Waals surface area contributed by atoms with Gasteiger partial charge in [0.2, 0.25) is 0 Å². The van der Waals surface area contributed by atoms with Crippen LogP contribution in [0.25, 0.3) is 0 Å². The Morgan fingerprint density at radius 3 is 2.90 bits per heavy atom. The van der Waals surface area contributed by atoms with Crippen LogP contribution in [0.15, 0.2) is 30.6 Å². The molecule has 1 amide bonds. The smallest absolute Gasteiger partial charge is 0.269 e. The summed E-state index contributed by atoms with van der Waals surface area (Å²) in [5, 5.41) is 2.87. The predicted octanol–water partition coefficient (Wildman–Crippen LogP) is 1.97. The van der Waals surface area contributed by atoms with Crippen molar-refractivity contribution >= 4 is 5.91 Å². The number of carbonyl (C=O) groups is 1. The van der Waals surface area contributed by atoms with Gasteiger partial charge in [-0.3, -0.25) is 9.78 Å². The lowest BCUT2D eigenvalue weighted by Gasteiger charge is -2.09. The second kappa shape index (κ2) is 6.84. The summed E-state index contributed by atoms with van der Waals surface area (Å²) in [5.41, 5.74) is 1.61. The summed E-state index contributed by atoms with van der Waals surface area (Å²) in [7, 11) is 0. The molecule has 0 bridgehead atoms. The average molecular weight is 272 g/mol. The minimum atomic E-state index is -0.143. The number of imidazole rings is 1. The van der Waals surface area contributed by atoms with E-state index in [4.69, 9.17) is 0 Å². The van der Waals surface area contributed by atoms with Crippen molar-refractivity contribution in [1.82, 2.24) is 19.9 Å². The van der Waals surface area contributed by atoms with Crippen molar-refractivity contribution in [2.75, 3.05) is 6.54 Å². The lowest BCUT2D eigenvalue weighted by atomic mass is 10.3. The number of pyridine rings is 1. The van der Waals surface area contributed by atoms with E-state index in [-0.39, 0.29) is 5.91 Å². The third kappa shape index (κ3) is 3.44. The molecule has 0 spiro atoms. The zero-order chi connectivity index (χ0) is 14.4. The number of nitrogens with one attached hydrogen (secondary N) is 1. The van der Waals surface area contributed by atoms with E-state index in [9.17, 15) is 4.79 Å². The van der Waals surface area contributed by atoms with Crippen LogP contribution in [-0.2, 0) is 13.0 Å². The van der Waals surface area contributed by atoms with Crippen LogP contribution in [0.2, 0.25) is 0 Å². The lowest BCUT2D eigenvalue weighted by Crippen LogP contribution is -2.27. The maximum atomic E-state index is 11.8. The van der Waals surface area contributed by atoms with E-state index < -0.39 is 0 Å². The van der Waals surface area contributed by atoms with Crippen LogP contribution in [0, 0.1) is 6.92 Å². The molecule has 5 nitrogen and oxygen atoms in total. The van der Waals surface area contributed by atoms with Gasteiger partial charge in [0, 0.05) is 37.6 Å². The molecule has 0 atom stereocenters. The average Bonchev–Trinajstić information content (AvgIpc) is 2.82. The molecule has 2 rings (SSSR count). The van der Waals surface area contributed by atoms with Gasteiger partial charge in [-0.25, -0.2) is 4.98 Å². The Kier molecular flexibility index (Phi) is 4.87. The molecule has 0 saturated heterocycles. The summed E-state index contributed by atoms with van der Waals surface area (Å²) >= 11 is 0. The summed E-state index contributed by atoms with van der Waals surface area (Å²) in [6, 6.07) is 5.30. The van der Waals surface area contributed by atoms with Crippen molar-refractivity contribution in [1.29, 1.82) is 0 Å². The first kappa shape index (κ1) is 14.2. The Balaban J connectivity index is 1.89. The number of carbonyl (C=O) groups excluding carboxylic acids is 1. The predicted molar refractivity (Wildman–Crippen MR) is 77.5 cm³/mol. The number of amides is 1. The number of aromatic nitrogens is 3. The van der Waals surface area contributed by atoms with Gasteiger partial charge in [-0.1, -0.05) is 13.0 Å². The molecule has 0 aliphatic rings. The largest absolute Gasteiger partial charge is 0.350 e. The third-order valence-electron chi connectivity index (χ3n) is 3.12. The zero-order valence-electron chi connectivity index (χ0n) is 12.0. The first-order valence-corrected chi connectivity index (χ1v) is 6.92. The van der Waals surface area contributed by atoms with Crippen molar-refractivity contribution in [3.05, 3.63) is 47.8 Å². The lowest BCUT2D eigenvalue weighted by molar-refractivity contribution is 0.0949. The topological polar surface area (TPSA) is 59.8 Å². The molecule has 0 unspecified atom stereocenters. The number of aryl methyl sites for hydroxylation is 1. The second-order valence-corrected chi connectivity index (χ2v) is 4.69. The van der Waals surface area contributed by atoms with Gasteiger partial charge in [0.1, 0.15) is 11.5 Å². The van der Waals surface area contributed by atoms with E-state index in [1.165, 1.54) is 0 Å². The first-order chi connectivity index (χ1) is 9.72. The highest BCUT2D eigenvalue weighted by Gasteiger charge is 2.08. The highest BCUT2D eigenvalue weighted by atomic mass is 16.1. The molecule has 0 radical (unpaired) electrons. The van der Waals surface area contributed by atoms with Crippen LogP contribution in [0.5, 0.6) is 0 Å². The Labute approximate surface area is 119 Å². The Morgan fingerprint density at radius 2 is 2.20 bits per heavy atom. The van der Waals surface area contributed by atoms with Gasteiger partial charge in [0.05, 0.1) is 0 Å². The number of hydrogen-bond donors (Lipinski definition) is 1. The van der Waals surface area contributed by atoms with Crippen LogP contribution in [0.1, 0.15) is 35.4 Å². The van der Waals surface area contributed by atoms with E-state index >= 15 is 0 Å². The summed E-state index contributed by atoms with van der Waals surface area (Å²) < 4.78 is 2.20. The third-order valence-corrected chi connectivity index (χ3v) is 3.12. The van der Waals surface area contributed by atoms with Crippen molar-refractivity contribution < 1.29 is 4.79 Å². The molecule has 2 aromatic heterocycles. The SMILES string of the molecule is CCCn1c(C)cnc1CCNC(=O)c1ccccn1. The van der Waals surface area contributed by atoms with E-state index in [1.54, 1.807) is 24.4 Å². The maximum Gasteiger partial charge on any atom is 0.269 e. The van der Waals surface area contributed by atoms with Crippen molar-refractivity contribution in [3.63, 3.8) is 0 Å². The van der Waals surface area contributed by atoms with E-state index in [0.717, 1.165) is 30.9 Å². The van der Waals surface area contributed by atoms with Crippen LogP contribution >= 0.6 is 0 Å². The normalized spacial score (nSPS) is 10.5. The van der Waals surface area contributed by atoms with Gasteiger partial charge in [0.15, 0.2) is 0 Å². The van der Waals surface area contributed by atoms with Crippen LogP contribution in [0.4, 0.5) is 0 Å². The highest BCUT2D eigenvalue weighted by Crippen LogP contribution is 2.06. The van der Waals surface area contributed by atoms with Gasteiger partial charge in [-0.15, -0.1) is 0 Å². The fourth-order valence-electron chi connectivity index (χ4n) is 2.11. The number of rotatable bonds is 6. The monoisotopic (exact) mass is 272 g/mol. The molecule has 1 N–H and O–H groups in total. The van der Waals surface area contributed by atoms with Gasteiger partial charge in [-0.2, -0.15) is 0 Å². The van der Waals surface area contributed by atoms with Gasteiger partial charge in [-0.05, 0) is 25.5 Å². The van der Waals surface area contributed by atoms with Crippen LogP contribution in [0.3, 0.4) is 0 Å². The summed E-state index contributed by atoms with van der Waals surface area (Å²) in [6.45, 7) is 5.73. The molecule has 0 aliphatic heterocycles. The molecule has 20 heavy (non-hydrogen) atoms. The summed E-state index contributed by atoms with van der Waals surface area (Å²) in [4.78, 5) is 20.3. The van der Waals surface area contributed by atoms with E-state index in [2.05, 4.69) is 33.7 Å². The van der Waals surface area contributed by atoms with Crippen molar-refractivity contribution in [2.24, 2.45) is 0 Å². The molecule has 2 heterocycles. The molecule has 0 saturated carbocycles. The Morgan fingerprint density at radius 1 is 1.35 bits per heavy atom. The van der Waals surface area contributed by atoms with Gasteiger partial charge < -0.3 is 9.88 Å². The minimum Gasteiger partial charge on any atom is -0.350 e. The molecular formula is C15H20N4O. The fourth-order valence-corrected chi connectivity index (χ4v) is 2.11. The quantitative estimate of drug-likeness (QED) is 0.874. The van der Waals surface area contributed by atoms with Crippen LogP contribution in [-0.4, -0.2) is 27.0 Å². The molecule has 106 valence electrons. The number of nitrogens with zero attached hydrogens (tertiary/aromatic N) is 3. The summed E-state index contributed by atoms with van der Waals surface area (Å²) in [5.74, 6) is 0.876. The van der Waals surface area contributed by atoms with Crippen molar-refractivity contribution in [3.8, 4) is 0 Å². The van der Waals surface area contributed by atoms with Gasteiger partial charge >= 0.3 is 0 Å². The highest BCUT2D eigenvalue weighted by molar-refractivity contribution is 5.92. The molecule has 0 aliphatic carbocycles. The van der Waals surface area contributed by atoms with Crippen molar-refractivity contribution in [2.45, 2.75) is 33.2 Å². The second-order valence-electron chi connectivity index (χ2n) is 4.69. The van der Waals surface area contributed by atoms with Crippen LogP contribution < -0.4 is 5.32 Å². The van der Waals surface area contributed by atoms with E-state index in [0.29, 0.717) is 12.2 Å². The van der Waals surface area contributed by atoms with Gasteiger partial charge in [0.25, 0.3) is 5.91 Å². The minimum absolute atomic E-state index is 0.143. The first-order valence-electron chi connectivity index (χ1n) is 6.92. The Hall–Kier alpha value is -2.17. The number of hydrogen-bond acceptors (Lipinski definition) is 3. The fraction of sp³-hybridized carbons (Fsp3) is 0.400.